The maximum Gasteiger partial charge on any atom is 0.332 e. The lowest BCUT2D eigenvalue weighted by molar-refractivity contribution is -0.131. The molecule has 3 rings (SSSR count). The van der Waals surface area contributed by atoms with Crippen LogP contribution in [0.4, 0.5) is 0 Å². The Kier molecular flexibility index (Phi) is 4.81. The number of aromatic amines is 1. The Bertz CT molecular complexity index is 1150. The lowest BCUT2D eigenvalue weighted by Gasteiger charge is -2.10. The maximum atomic E-state index is 12.5. The highest BCUT2D eigenvalue weighted by Gasteiger charge is 2.16. The normalized spacial score (nSPS) is 11.7. The third kappa shape index (κ3) is 3.59. The molecule has 140 valence electrons. The Hall–Kier alpha value is -3.42. The zero-order chi connectivity index (χ0) is 19.7. The molecule has 0 aliphatic rings. The van der Waals surface area contributed by atoms with E-state index < -0.39 is 11.5 Å². The second-order valence-corrected chi connectivity index (χ2v) is 6.73. The van der Waals surface area contributed by atoms with Gasteiger partial charge < -0.3 is 10.1 Å². The molecule has 3 aromatic rings. The molecule has 0 aliphatic heterocycles. The molecule has 0 unspecified atom stereocenters. The fraction of sp³-hybridized carbons (Fsp3) is 0.263. The van der Waals surface area contributed by atoms with Gasteiger partial charge in [-0.25, -0.2) is 14.6 Å². The summed E-state index contributed by atoms with van der Waals surface area (Å²) in [6.07, 6.45) is 2.55. The minimum Gasteiger partial charge on any atom is -0.478 e. The number of benzene rings is 1. The number of fused-ring (bicyclic) bond motifs is 1. The Morgan fingerprint density at radius 1 is 1.26 bits per heavy atom. The van der Waals surface area contributed by atoms with Crippen molar-refractivity contribution in [3.05, 3.63) is 56.7 Å². The predicted octanol–water partition coefficient (Wildman–Crippen LogP) is 1.84. The second-order valence-electron chi connectivity index (χ2n) is 6.73. The van der Waals surface area contributed by atoms with Gasteiger partial charge in [0.2, 0.25) is 0 Å². The van der Waals surface area contributed by atoms with Crippen LogP contribution in [-0.2, 0) is 18.4 Å². The Morgan fingerprint density at radius 2 is 1.93 bits per heavy atom. The highest BCUT2D eigenvalue weighted by atomic mass is 16.4. The standard InChI is InChI=1S/C19H20N4O4/c1-11(2)10-23-17-15(18(26)22(3)19(23)27)20-16(21-17)13-7-4-12(5-8-13)6-9-14(24)25/h4-9,11H,10H2,1-3H3,(H,20,21)(H,24,25). The summed E-state index contributed by atoms with van der Waals surface area (Å²) in [6.45, 7) is 4.44. The van der Waals surface area contributed by atoms with Gasteiger partial charge in [0.25, 0.3) is 5.56 Å². The number of imidazole rings is 1. The molecule has 0 saturated carbocycles. The number of hydrogen-bond acceptors (Lipinski definition) is 4. The Balaban J connectivity index is 2.11. The molecule has 0 amide bonds. The van der Waals surface area contributed by atoms with Crippen molar-refractivity contribution in [1.82, 2.24) is 19.1 Å². The fourth-order valence-electron chi connectivity index (χ4n) is 2.82. The van der Waals surface area contributed by atoms with E-state index in [-0.39, 0.29) is 17.1 Å². The minimum absolute atomic E-state index is 0.211. The summed E-state index contributed by atoms with van der Waals surface area (Å²) in [6, 6.07) is 7.05. The second kappa shape index (κ2) is 7.06. The molecular formula is C19H20N4O4. The van der Waals surface area contributed by atoms with Crippen molar-refractivity contribution in [3.63, 3.8) is 0 Å². The van der Waals surface area contributed by atoms with E-state index >= 15 is 0 Å². The number of carboxylic acids is 1. The number of aliphatic carboxylic acids is 1. The zero-order valence-electron chi connectivity index (χ0n) is 15.3. The third-order valence-corrected chi connectivity index (χ3v) is 4.13. The summed E-state index contributed by atoms with van der Waals surface area (Å²) in [5.74, 6) is -0.329. The molecule has 0 radical (unpaired) electrons. The highest BCUT2D eigenvalue weighted by Crippen LogP contribution is 2.19. The van der Waals surface area contributed by atoms with E-state index in [9.17, 15) is 14.4 Å². The van der Waals surface area contributed by atoms with Gasteiger partial charge in [-0.05, 0) is 17.6 Å². The van der Waals surface area contributed by atoms with Gasteiger partial charge in [-0.3, -0.25) is 13.9 Å². The largest absolute Gasteiger partial charge is 0.478 e. The molecule has 0 spiro atoms. The van der Waals surface area contributed by atoms with Gasteiger partial charge in [-0.15, -0.1) is 0 Å². The average molecular weight is 368 g/mol. The van der Waals surface area contributed by atoms with Gasteiger partial charge in [-0.1, -0.05) is 38.1 Å². The lowest BCUT2D eigenvalue weighted by atomic mass is 10.1. The SMILES string of the molecule is CC(C)Cn1c(=O)n(C)c(=O)c2nc(-c3ccc(C=CC(=O)O)cc3)[nH]c21. The number of H-pyrrole nitrogens is 1. The van der Waals surface area contributed by atoms with Crippen LogP contribution in [-0.4, -0.2) is 30.2 Å². The van der Waals surface area contributed by atoms with Crippen molar-refractivity contribution in [2.75, 3.05) is 0 Å². The number of carboxylic acid groups (broad SMARTS) is 1. The first-order valence-electron chi connectivity index (χ1n) is 8.49. The topological polar surface area (TPSA) is 110 Å². The van der Waals surface area contributed by atoms with Crippen LogP contribution in [0.15, 0.2) is 39.9 Å². The van der Waals surface area contributed by atoms with Crippen LogP contribution < -0.4 is 11.2 Å². The summed E-state index contributed by atoms with van der Waals surface area (Å²) < 4.78 is 2.59. The molecule has 0 atom stereocenters. The Labute approximate surface area is 154 Å². The molecule has 0 fully saturated rings. The molecule has 2 heterocycles. The zero-order valence-corrected chi connectivity index (χ0v) is 15.3. The van der Waals surface area contributed by atoms with E-state index in [1.54, 1.807) is 24.3 Å². The maximum absolute atomic E-state index is 12.5. The number of rotatable bonds is 5. The van der Waals surface area contributed by atoms with E-state index in [2.05, 4.69) is 9.97 Å². The predicted molar refractivity (Wildman–Crippen MR) is 103 cm³/mol. The number of nitrogens with zero attached hydrogens (tertiary/aromatic N) is 3. The van der Waals surface area contributed by atoms with Gasteiger partial charge >= 0.3 is 11.7 Å². The van der Waals surface area contributed by atoms with Gasteiger partial charge in [-0.2, -0.15) is 0 Å². The molecule has 0 aliphatic carbocycles. The fourth-order valence-corrected chi connectivity index (χ4v) is 2.82. The van der Waals surface area contributed by atoms with Crippen LogP contribution in [0.2, 0.25) is 0 Å². The molecular weight excluding hydrogens is 348 g/mol. The first kappa shape index (κ1) is 18.4. The minimum atomic E-state index is -1.02. The van der Waals surface area contributed by atoms with Crippen molar-refractivity contribution in [2.24, 2.45) is 13.0 Å². The van der Waals surface area contributed by atoms with E-state index in [1.165, 1.54) is 17.7 Å². The van der Waals surface area contributed by atoms with E-state index in [0.29, 0.717) is 18.0 Å². The van der Waals surface area contributed by atoms with E-state index in [1.807, 2.05) is 13.8 Å². The smallest absolute Gasteiger partial charge is 0.332 e. The third-order valence-electron chi connectivity index (χ3n) is 4.13. The Morgan fingerprint density at radius 3 is 2.52 bits per heavy atom. The highest BCUT2D eigenvalue weighted by molar-refractivity contribution is 5.85. The number of hydrogen-bond donors (Lipinski definition) is 2. The van der Waals surface area contributed by atoms with Crippen molar-refractivity contribution >= 4 is 23.2 Å². The van der Waals surface area contributed by atoms with Gasteiger partial charge in [0, 0.05) is 25.2 Å². The molecule has 2 aromatic heterocycles. The van der Waals surface area contributed by atoms with Crippen molar-refractivity contribution in [2.45, 2.75) is 20.4 Å². The van der Waals surface area contributed by atoms with Crippen molar-refractivity contribution in [3.8, 4) is 11.4 Å². The molecule has 27 heavy (non-hydrogen) atoms. The summed E-state index contributed by atoms with van der Waals surface area (Å²) in [5, 5.41) is 8.69. The number of nitrogens with one attached hydrogen (secondary N) is 1. The van der Waals surface area contributed by atoms with Crippen molar-refractivity contribution in [1.29, 1.82) is 0 Å². The van der Waals surface area contributed by atoms with Crippen LogP contribution >= 0.6 is 0 Å². The van der Waals surface area contributed by atoms with Crippen LogP contribution in [0.3, 0.4) is 0 Å². The van der Waals surface area contributed by atoms with Crippen LogP contribution in [0.1, 0.15) is 19.4 Å². The quantitative estimate of drug-likeness (QED) is 0.668. The van der Waals surface area contributed by atoms with Crippen LogP contribution in [0, 0.1) is 5.92 Å². The summed E-state index contributed by atoms with van der Waals surface area (Å²) >= 11 is 0. The van der Waals surface area contributed by atoms with E-state index in [4.69, 9.17) is 5.11 Å². The van der Waals surface area contributed by atoms with Gasteiger partial charge in [0.15, 0.2) is 5.52 Å². The molecule has 1 aromatic carbocycles. The van der Waals surface area contributed by atoms with Crippen LogP contribution in [0.25, 0.3) is 28.6 Å². The monoisotopic (exact) mass is 368 g/mol. The first-order valence-corrected chi connectivity index (χ1v) is 8.49. The van der Waals surface area contributed by atoms with Crippen LogP contribution in [0.5, 0.6) is 0 Å². The summed E-state index contributed by atoms with van der Waals surface area (Å²) in [4.78, 5) is 43.0. The number of aromatic nitrogens is 4. The van der Waals surface area contributed by atoms with Gasteiger partial charge in [0.05, 0.1) is 0 Å². The summed E-state index contributed by atoms with van der Waals surface area (Å²) in [7, 11) is 1.44. The number of carbonyl (C=O) groups is 1. The summed E-state index contributed by atoms with van der Waals surface area (Å²) in [5.41, 5.74) is 1.24. The van der Waals surface area contributed by atoms with E-state index in [0.717, 1.165) is 21.8 Å². The first-order chi connectivity index (χ1) is 12.8. The van der Waals surface area contributed by atoms with Crippen molar-refractivity contribution < 1.29 is 9.90 Å². The van der Waals surface area contributed by atoms with Gasteiger partial charge in [0.1, 0.15) is 11.5 Å². The lowest BCUT2D eigenvalue weighted by Crippen LogP contribution is -2.38. The average Bonchev–Trinajstić information content (AvgIpc) is 3.07. The molecule has 0 bridgehead atoms. The molecule has 8 nitrogen and oxygen atoms in total. The molecule has 2 N–H and O–H groups in total. The molecule has 8 heteroatoms. The molecule has 0 saturated heterocycles.